The third-order valence-corrected chi connectivity index (χ3v) is 6.34. The summed E-state index contributed by atoms with van der Waals surface area (Å²) >= 11 is 1.93. The van der Waals surface area contributed by atoms with Crippen LogP contribution in [0.2, 0.25) is 0 Å². The number of fused-ring (bicyclic) bond motifs is 1. The van der Waals surface area contributed by atoms with E-state index in [9.17, 15) is 4.79 Å². The van der Waals surface area contributed by atoms with Crippen LogP contribution >= 0.6 is 11.8 Å². The minimum atomic E-state index is 0.149. The van der Waals surface area contributed by atoms with E-state index in [1.54, 1.807) is 0 Å². The molecular weight excluding hydrogens is 332 g/mol. The molecule has 0 bridgehead atoms. The van der Waals surface area contributed by atoms with E-state index in [1.165, 1.54) is 11.3 Å². The maximum Gasteiger partial charge on any atom is 0.274 e. The Morgan fingerprint density at radius 2 is 2.08 bits per heavy atom. The first-order valence-corrected chi connectivity index (χ1v) is 10.8. The monoisotopic (exact) mass is 364 g/mol. The number of aromatic nitrogens is 2. The van der Waals surface area contributed by atoms with Gasteiger partial charge in [0, 0.05) is 55.0 Å². The predicted octanol–water partition coefficient (Wildman–Crippen LogP) is 2.54. The molecule has 140 valence electrons. The molecular formula is C19H32N4OS. The Kier molecular flexibility index (Phi) is 6.10. The van der Waals surface area contributed by atoms with Crippen LogP contribution < -0.4 is 0 Å². The van der Waals surface area contributed by atoms with Crippen LogP contribution in [0.15, 0.2) is 0 Å². The Bertz CT molecular complexity index is 607. The smallest absolute Gasteiger partial charge is 0.274 e. The fourth-order valence-electron chi connectivity index (χ4n) is 4.12. The van der Waals surface area contributed by atoms with Gasteiger partial charge in [-0.05, 0) is 39.2 Å². The minimum absolute atomic E-state index is 0.149. The number of hydrogen-bond donors (Lipinski definition) is 0. The first-order valence-electron chi connectivity index (χ1n) is 9.67. The molecule has 3 rings (SSSR count). The first-order chi connectivity index (χ1) is 12.0. The molecule has 5 nitrogen and oxygen atoms in total. The summed E-state index contributed by atoms with van der Waals surface area (Å²) in [5.41, 5.74) is 3.25. The van der Waals surface area contributed by atoms with Gasteiger partial charge in [-0.3, -0.25) is 9.48 Å². The lowest BCUT2D eigenvalue weighted by Crippen LogP contribution is -2.40. The third kappa shape index (κ3) is 4.05. The van der Waals surface area contributed by atoms with Crippen LogP contribution in [-0.4, -0.2) is 69.7 Å². The van der Waals surface area contributed by atoms with Crippen molar-refractivity contribution in [2.24, 2.45) is 5.92 Å². The van der Waals surface area contributed by atoms with Crippen molar-refractivity contribution in [1.82, 2.24) is 19.6 Å². The third-order valence-electron chi connectivity index (χ3n) is 5.40. The van der Waals surface area contributed by atoms with E-state index in [0.717, 1.165) is 62.6 Å². The number of carbonyl (C=O) groups is 1. The topological polar surface area (TPSA) is 41.4 Å². The van der Waals surface area contributed by atoms with E-state index in [2.05, 4.69) is 37.4 Å². The van der Waals surface area contributed by atoms with Gasteiger partial charge in [-0.1, -0.05) is 13.8 Å². The Balaban J connectivity index is 1.84. The van der Waals surface area contributed by atoms with Crippen molar-refractivity contribution in [3.05, 3.63) is 17.0 Å². The van der Waals surface area contributed by atoms with Gasteiger partial charge in [0.15, 0.2) is 5.69 Å². The largest absolute Gasteiger partial charge is 0.336 e. The summed E-state index contributed by atoms with van der Waals surface area (Å²) in [5, 5.41) is 4.74. The molecule has 1 fully saturated rings. The van der Waals surface area contributed by atoms with E-state index in [4.69, 9.17) is 5.10 Å². The molecule has 2 aliphatic rings. The van der Waals surface area contributed by atoms with E-state index in [-0.39, 0.29) is 5.91 Å². The highest BCUT2D eigenvalue weighted by atomic mass is 32.2. The Hall–Kier alpha value is -1.01. The highest BCUT2D eigenvalue weighted by molar-refractivity contribution is 7.99. The van der Waals surface area contributed by atoms with Gasteiger partial charge in [0.2, 0.25) is 0 Å². The number of carbonyl (C=O) groups excluding carboxylic acids is 1. The zero-order valence-corrected chi connectivity index (χ0v) is 16.9. The van der Waals surface area contributed by atoms with Crippen molar-refractivity contribution >= 4 is 17.7 Å². The fourth-order valence-corrected chi connectivity index (χ4v) is 5.02. The van der Waals surface area contributed by atoms with Crippen molar-refractivity contribution in [2.75, 3.05) is 38.2 Å². The molecule has 0 N–H and O–H groups in total. The Morgan fingerprint density at radius 3 is 2.72 bits per heavy atom. The molecule has 1 aromatic heterocycles. The standard InChI is InChI=1S/C19H32N4OS/c1-5-23-17-7-6-15(21(4)13-14(2)3)12-16(17)18(20-23)19(24)22-8-10-25-11-9-22/h14-15H,5-13H2,1-4H3. The van der Waals surface area contributed by atoms with E-state index in [0.29, 0.717) is 12.0 Å². The number of thioether (sulfide) groups is 1. The van der Waals surface area contributed by atoms with Crippen LogP contribution in [0, 0.1) is 5.92 Å². The van der Waals surface area contributed by atoms with E-state index >= 15 is 0 Å². The van der Waals surface area contributed by atoms with Gasteiger partial charge in [-0.25, -0.2) is 0 Å². The molecule has 1 aliphatic carbocycles. The SMILES string of the molecule is CCn1nc(C(=O)N2CCSCC2)c2c1CCC(N(C)CC(C)C)C2. The minimum Gasteiger partial charge on any atom is -0.336 e. The summed E-state index contributed by atoms with van der Waals surface area (Å²) in [4.78, 5) is 17.6. The zero-order chi connectivity index (χ0) is 18.0. The van der Waals surface area contributed by atoms with Gasteiger partial charge in [-0.2, -0.15) is 16.9 Å². The normalized spacial score (nSPS) is 21.0. The molecule has 6 heteroatoms. The van der Waals surface area contributed by atoms with Crippen LogP contribution in [0.3, 0.4) is 0 Å². The maximum atomic E-state index is 13.1. The summed E-state index contributed by atoms with van der Waals surface area (Å²) in [7, 11) is 2.23. The van der Waals surface area contributed by atoms with Crippen LogP contribution in [0.5, 0.6) is 0 Å². The number of likely N-dealkylation sites (N-methyl/N-ethyl adjacent to an activating group) is 1. The fraction of sp³-hybridized carbons (Fsp3) is 0.789. The summed E-state index contributed by atoms with van der Waals surface area (Å²) in [6.07, 6.45) is 3.16. The van der Waals surface area contributed by atoms with E-state index in [1.807, 2.05) is 16.7 Å². The number of nitrogens with zero attached hydrogens (tertiary/aromatic N) is 4. The van der Waals surface area contributed by atoms with Gasteiger partial charge in [0.1, 0.15) is 0 Å². The average molecular weight is 365 g/mol. The highest BCUT2D eigenvalue weighted by Crippen LogP contribution is 2.28. The molecule has 1 aromatic rings. The quantitative estimate of drug-likeness (QED) is 0.805. The Labute approximate surface area is 156 Å². The van der Waals surface area contributed by atoms with Crippen molar-refractivity contribution in [3.8, 4) is 0 Å². The molecule has 1 saturated heterocycles. The van der Waals surface area contributed by atoms with Gasteiger partial charge in [-0.15, -0.1) is 0 Å². The molecule has 2 heterocycles. The summed E-state index contributed by atoms with van der Waals surface area (Å²) < 4.78 is 2.07. The molecule has 1 atom stereocenters. The van der Waals surface area contributed by atoms with Gasteiger partial charge < -0.3 is 9.80 Å². The molecule has 1 unspecified atom stereocenters. The van der Waals surface area contributed by atoms with Crippen molar-refractivity contribution in [3.63, 3.8) is 0 Å². The number of aryl methyl sites for hydroxylation is 1. The number of hydrogen-bond acceptors (Lipinski definition) is 4. The average Bonchev–Trinajstić information content (AvgIpc) is 2.99. The number of rotatable bonds is 5. The summed E-state index contributed by atoms with van der Waals surface area (Å²) in [6, 6.07) is 0.521. The Morgan fingerprint density at radius 1 is 1.36 bits per heavy atom. The van der Waals surface area contributed by atoms with Crippen LogP contribution in [-0.2, 0) is 19.4 Å². The molecule has 1 amide bonds. The molecule has 1 aliphatic heterocycles. The summed E-state index contributed by atoms with van der Waals surface area (Å²) in [5.74, 6) is 2.90. The van der Waals surface area contributed by atoms with Crippen LogP contribution in [0.4, 0.5) is 0 Å². The first kappa shape index (κ1) is 18.8. The lowest BCUT2D eigenvalue weighted by Gasteiger charge is -2.33. The van der Waals surface area contributed by atoms with E-state index < -0.39 is 0 Å². The van der Waals surface area contributed by atoms with Crippen molar-refractivity contribution < 1.29 is 4.79 Å². The predicted molar refractivity (Wildman–Crippen MR) is 104 cm³/mol. The van der Waals surface area contributed by atoms with Crippen LogP contribution in [0.25, 0.3) is 0 Å². The lowest BCUT2D eigenvalue weighted by atomic mass is 9.90. The maximum absolute atomic E-state index is 13.1. The second-order valence-electron chi connectivity index (χ2n) is 7.72. The van der Waals surface area contributed by atoms with Gasteiger partial charge >= 0.3 is 0 Å². The van der Waals surface area contributed by atoms with Crippen molar-refractivity contribution in [2.45, 2.75) is 52.6 Å². The second kappa shape index (κ2) is 8.12. The lowest BCUT2D eigenvalue weighted by molar-refractivity contribution is 0.0763. The molecule has 0 aromatic carbocycles. The molecule has 0 radical (unpaired) electrons. The molecule has 0 saturated carbocycles. The second-order valence-corrected chi connectivity index (χ2v) is 8.95. The van der Waals surface area contributed by atoms with Gasteiger partial charge in [0.05, 0.1) is 0 Å². The number of amides is 1. The van der Waals surface area contributed by atoms with Crippen LogP contribution in [0.1, 0.15) is 48.9 Å². The zero-order valence-electron chi connectivity index (χ0n) is 16.1. The summed E-state index contributed by atoms with van der Waals surface area (Å²) in [6.45, 7) is 10.3. The molecule has 25 heavy (non-hydrogen) atoms. The van der Waals surface area contributed by atoms with Gasteiger partial charge in [0.25, 0.3) is 5.91 Å². The molecule has 0 spiro atoms. The highest BCUT2D eigenvalue weighted by Gasteiger charge is 2.32. The van der Waals surface area contributed by atoms with Crippen molar-refractivity contribution in [1.29, 1.82) is 0 Å².